The number of aryl methyl sites for hydroxylation is 1. The summed E-state index contributed by atoms with van der Waals surface area (Å²) in [6, 6.07) is 14.5. The molecule has 1 saturated heterocycles. The van der Waals surface area contributed by atoms with Gasteiger partial charge in [-0.05, 0) is 36.8 Å². The number of aromatic nitrogens is 2. The molecule has 5 rings (SSSR count). The zero-order valence-electron chi connectivity index (χ0n) is 15.6. The lowest BCUT2D eigenvalue weighted by molar-refractivity contribution is 0.101. The summed E-state index contributed by atoms with van der Waals surface area (Å²) in [5, 5.41) is 4.27. The fraction of sp³-hybridized carbons (Fsp3) is 0.200. The van der Waals surface area contributed by atoms with Gasteiger partial charge < -0.3 is 4.57 Å². The number of amides is 1. The molecular formula is C20H18N4O3S2. The Morgan fingerprint density at radius 2 is 1.93 bits per heavy atom. The molecule has 0 atom stereocenters. The number of carbonyl (C=O) groups is 1. The van der Waals surface area contributed by atoms with Gasteiger partial charge in [0.1, 0.15) is 5.69 Å². The normalized spacial score (nSPS) is 14.9. The Labute approximate surface area is 171 Å². The van der Waals surface area contributed by atoms with E-state index < -0.39 is 10.0 Å². The van der Waals surface area contributed by atoms with Gasteiger partial charge in [0.05, 0.1) is 15.1 Å². The van der Waals surface area contributed by atoms with Crippen molar-refractivity contribution < 1.29 is 13.2 Å². The maximum atomic E-state index is 12.8. The highest BCUT2D eigenvalue weighted by molar-refractivity contribution is 7.89. The molecule has 1 amide bonds. The zero-order chi connectivity index (χ0) is 20.2. The van der Waals surface area contributed by atoms with E-state index in [-0.39, 0.29) is 10.8 Å². The standard InChI is InChI=1S/C20H18N4O3S2/c1-23-16-6-3-2-5-13(16)11-17(23)19(25)22-20-21-15-8-7-14(12-18(15)28-20)29(26,27)24-9-4-10-24/h2-3,5-8,11-12H,4,9-10H2,1H3,(H,21,22,25). The number of anilines is 1. The maximum Gasteiger partial charge on any atom is 0.274 e. The first-order chi connectivity index (χ1) is 13.9. The van der Waals surface area contributed by atoms with Crippen molar-refractivity contribution in [3.63, 3.8) is 0 Å². The van der Waals surface area contributed by atoms with Gasteiger partial charge in [-0.25, -0.2) is 13.4 Å². The molecule has 2 aromatic carbocycles. The highest BCUT2D eigenvalue weighted by atomic mass is 32.2. The lowest BCUT2D eigenvalue weighted by Crippen LogP contribution is -2.41. The molecule has 4 aromatic rings. The van der Waals surface area contributed by atoms with Gasteiger partial charge in [-0.15, -0.1) is 0 Å². The van der Waals surface area contributed by atoms with Crippen LogP contribution in [0.5, 0.6) is 0 Å². The van der Waals surface area contributed by atoms with Crippen molar-refractivity contribution in [2.24, 2.45) is 7.05 Å². The van der Waals surface area contributed by atoms with E-state index in [4.69, 9.17) is 0 Å². The number of benzene rings is 2. The second-order valence-electron chi connectivity index (χ2n) is 7.01. The number of rotatable bonds is 4. The molecule has 3 heterocycles. The van der Waals surface area contributed by atoms with E-state index in [0.717, 1.165) is 22.0 Å². The SMILES string of the molecule is Cn1c(C(=O)Nc2nc3ccc(S(=O)(=O)N4CCC4)cc3s2)cc2ccccc21. The van der Waals surface area contributed by atoms with Gasteiger partial charge in [-0.3, -0.25) is 10.1 Å². The third-order valence-electron chi connectivity index (χ3n) is 5.22. The van der Waals surface area contributed by atoms with Crippen molar-refractivity contribution in [1.82, 2.24) is 13.9 Å². The van der Waals surface area contributed by atoms with Gasteiger partial charge in [0, 0.05) is 31.0 Å². The Morgan fingerprint density at radius 1 is 1.14 bits per heavy atom. The number of carbonyl (C=O) groups excluding carboxylic acids is 1. The molecule has 1 fully saturated rings. The molecule has 0 spiro atoms. The largest absolute Gasteiger partial charge is 0.340 e. The van der Waals surface area contributed by atoms with E-state index in [1.807, 2.05) is 41.9 Å². The van der Waals surface area contributed by atoms with Gasteiger partial charge in [0.2, 0.25) is 10.0 Å². The summed E-state index contributed by atoms with van der Waals surface area (Å²) in [6.07, 6.45) is 0.895. The summed E-state index contributed by atoms with van der Waals surface area (Å²) in [5.41, 5.74) is 2.17. The fourth-order valence-corrected chi connectivity index (χ4v) is 5.98. The van der Waals surface area contributed by atoms with Crippen LogP contribution in [0.2, 0.25) is 0 Å². The van der Waals surface area contributed by atoms with Crippen molar-refractivity contribution in [3.8, 4) is 0 Å². The molecule has 29 heavy (non-hydrogen) atoms. The Balaban J connectivity index is 1.44. The maximum absolute atomic E-state index is 12.8. The molecule has 0 aliphatic carbocycles. The van der Waals surface area contributed by atoms with E-state index in [1.165, 1.54) is 15.6 Å². The minimum absolute atomic E-state index is 0.254. The molecule has 1 aliphatic heterocycles. The van der Waals surface area contributed by atoms with Crippen LogP contribution < -0.4 is 5.32 Å². The van der Waals surface area contributed by atoms with Crippen LogP contribution in [0.1, 0.15) is 16.9 Å². The molecule has 0 radical (unpaired) electrons. The molecule has 148 valence electrons. The molecular weight excluding hydrogens is 408 g/mol. The van der Waals surface area contributed by atoms with E-state index in [2.05, 4.69) is 10.3 Å². The average Bonchev–Trinajstić information content (AvgIpc) is 3.20. The molecule has 0 unspecified atom stereocenters. The topological polar surface area (TPSA) is 84.3 Å². The molecule has 7 nitrogen and oxygen atoms in total. The number of fused-ring (bicyclic) bond motifs is 2. The first-order valence-corrected chi connectivity index (χ1v) is 11.5. The molecule has 0 saturated carbocycles. The zero-order valence-corrected chi connectivity index (χ0v) is 17.3. The van der Waals surface area contributed by atoms with E-state index in [1.54, 1.807) is 18.2 Å². The van der Waals surface area contributed by atoms with E-state index in [0.29, 0.717) is 29.4 Å². The molecule has 1 aliphatic rings. The second-order valence-corrected chi connectivity index (χ2v) is 9.98. The van der Waals surface area contributed by atoms with Crippen LogP contribution in [0.3, 0.4) is 0 Å². The molecule has 9 heteroatoms. The summed E-state index contributed by atoms with van der Waals surface area (Å²) in [4.78, 5) is 17.5. The summed E-state index contributed by atoms with van der Waals surface area (Å²) in [5.74, 6) is -0.254. The highest BCUT2D eigenvalue weighted by Crippen LogP contribution is 2.30. The Bertz CT molecular complexity index is 1370. The number of hydrogen-bond acceptors (Lipinski definition) is 5. The lowest BCUT2D eigenvalue weighted by atomic mass is 10.2. The van der Waals surface area contributed by atoms with Crippen molar-refractivity contribution in [2.45, 2.75) is 11.3 Å². The number of para-hydroxylation sites is 1. The Morgan fingerprint density at radius 3 is 2.66 bits per heavy atom. The Kier molecular flexibility index (Phi) is 4.19. The van der Waals surface area contributed by atoms with Gasteiger partial charge >= 0.3 is 0 Å². The van der Waals surface area contributed by atoms with Crippen LogP contribution in [0.4, 0.5) is 5.13 Å². The molecule has 1 N–H and O–H groups in total. The minimum Gasteiger partial charge on any atom is -0.340 e. The Hall–Kier alpha value is -2.75. The number of nitrogens with zero attached hydrogens (tertiary/aromatic N) is 3. The number of hydrogen-bond donors (Lipinski definition) is 1. The van der Waals surface area contributed by atoms with Crippen LogP contribution in [-0.4, -0.2) is 41.3 Å². The smallest absolute Gasteiger partial charge is 0.274 e. The minimum atomic E-state index is -3.45. The van der Waals surface area contributed by atoms with Crippen LogP contribution in [0, 0.1) is 0 Å². The van der Waals surface area contributed by atoms with Crippen LogP contribution in [0.25, 0.3) is 21.1 Å². The fourth-order valence-electron chi connectivity index (χ4n) is 3.46. The first kappa shape index (κ1) is 18.3. The van der Waals surface area contributed by atoms with Gasteiger partial charge in [-0.2, -0.15) is 4.31 Å². The summed E-state index contributed by atoms with van der Waals surface area (Å²) in [7, 11) is -1.60. The summed E-state index contributed by atoms with van der Waals surface area (Å²) >= 11 is 1.27. The van der Waals surface area contributed by atoms with E-state index >= 15 is 0 Å². The summed E-state index contributed by atoms with van der Waals surface area (Å²) in [6.45, 7) is 1.13. The predicted octanol–water partition coefficient (Wildman–Crippen LogP) is 3.43. The first-order valence-electron chi connectivity index (χ1n) is 9.20. The molecule has 2 aromatic heterocycles. The van der Waals surface area contributed by atoms with Gasteiger partial charge in [0.15, 0.2) is 5.13 Å². The third kappa shape index (κ3) is 3.02. The monoisotopic (exact) mass is 426 g/mol. The number of thiazole rings is 1. The van der Waals surface area contributed by atoms with Crippen molar-refractivity contribution in [3.05, 3.63) is 54.2 Å². The highest BCUT2D eigenvalue weighted by Gasteiger charge is 2.29. The van der Waals surface area contributed by atoms with Crippen molar-refractivity contribution in [1.29, 1.82) is 0 Å². The van der Waals surface area contributed by atoms with Crippen LogP contribution >= 0.6 is 11.3 Å². The van der Waals surface area contributed by atoms with Crippen LogP contribution in [0.15, 0.2) is 53.4 Å². The van der Waals surface area contributed by atoms with Crippen molar-refractivity contribution >= 4 is 53.5 Å². The average molecular weight is 427 g/mol. The third-order valence-corrected chi connectivity index (χ3v) is 8.05. The van der Waals surface area contributed by atoms with Gasteiger partial charge in [0.25, 0.3) is 5.91 Å². The van der Waals surface area contributed by atoms with Crippen molar-refractivity contribution in [2.75, 3.05) is 18.4 Å². The van der Waals surface area contributed by atoms with Gasteiger partial charge in [-0.1, -0.05) is 29.5 Å². The predicted molar refractivity (Wildman–Crippen MR) is 114 cm³/mol. The summed E-state index contributed by atoms with van der Waals surface area (Å²) < 4.78 is 29.2. The van der Waals surface area contributed by atoms with E-state index in [9.17, 15) is 13.2 Å². The van der Waals surface area contributed by atoms with Crippen LogP contribution in [-0.2, 0) is 17.1 Å². The second kappa shape index (κ2) is 6.65. The lowest BCUT2D eigenvalue weighted by Gasteiger charge is -2.29. The number of sulfonamides is 1. The number of nitrogens with one attached hydrogen (secondary N) is 1. The quantitative estimate of drug-likeness (QED) is 0.542. The molecule has 0 bridgehead atoms.